The van der Waals surface area contributed by atoms with Gasteiger partial charge >= 0.3 is 6.18 Å². The van der Waals surface area contributed by atoms with Crippen LogP contribution in [0.2, 0.25) is 0 Å². The molecule has 3 N–H and O–H groups in total. The largest absolute Gasteiger partial charge is 0.451 e. The SMILES string of the molecule is CC(=O)N1CCC(Nc2nc(C(F)(F)F)nc3c(NC[C@H](O)CN4CCc5ccccc5C4)nn([C@@H]4CCCCO4)c23)CC1. The van der Waals surface area contributed by atoms with Crippen molar-refractivity contribution in [3.63, 3.8) is 0 Å². The molecular weight excluding hydrogens is 577 g/mol. The molecule has 2 fully saturated rings. The smallest absolute Gasteiger partial charge is 0.390 e. The highest BCUT2D eigenvalue weighted by Gasteiger charge is 2.38. The number of ether oxygens (including phenoxy) is 1. The zero-order valence-electron chi connectivity index (χ0n) is 24.8. The number of nitrogens with zero attached hydrogens (tertiary/aromatic N) is 6. The second kappa shape index (κ2) is 12.9. The molecule has 5 heterocycles. The van der Waals surface area contributed by atoms with Crippen molar-refractivity contribution in [1.29, 1.82) is 0 Å². The molecule has 0 saturated carbocycles. The predicted octanol–water partition coefficient (Wildman–Crippen LogP) is 3.80. The van der Waals surface area contributed by atoms with Crippen molar-refractivity contribution >= 4 is 28.6 Å². The minimum atomic E-state index is -4.78. The van der Waals surface area contributed by atoms with Crippen molar-refractivity contribution in [2.24, 2.45) is 0 Å². The number of alkyl halides is 3. The van der Waals surface area contributed by atoms with E-state index in [1.807, 2.05) is 12.1 Å². The lowest BCUT2D eigenvalue weighted by Gasteiger charge is -2.32. The first-order chi connectivity index (χ1) is 21.2. The van der Waals surface area contributed by atoms with Gasteiger partial charge in [-0.15, -0.1) is 5.10 Å². The third-order valence-electron chi connectivity index (χ3n) is 8.69. The molecule has 6 rings (SSSR count). The van der Waals surface area contributed by atoms with E-state index in [0.717, 1.165) is 32.4 Å². The van der Waals surface area contributed by atoms with Gasteiger partial charge in [0.2, 0.25) is 11.7 Å². The molecule has 3 aliphatic heterocycles. The Morgan fingerprint density at radius 2 is 1.86 bits per heavy atom. The number of likely N-dealkylation sites (tertiary alicyclic amines) is 1. The fourth-order valence-electron chi connectivity index (χ4n) is 6.33. The van der Waals surface area contributed by atoms with Crippen LogP contribution in [-0.2, 0) is 28.7 Å². The minimum Gasteiger partial charge on any atom is -0.390 e. The summed E-state index contributed by atoms with van der Waals surface area (Å²) in [6, 6.07) is 8.06. The Balaban J connectivity index is 1.27. The lowest BCUT2D eigenvalue weighted by molar-refractivity contribution is -0.144. The second-order valence-electron chi connectivity index (χ2n) is 11.9. The maximum absolute atomic E-state index is 14.1. The number of hydrogen-bond donors (Lipinski definition) is 3. The molecule has 14 heteroatoms. The van der Waals surface area contributed by atoms with Crippen molar-refractivity contribution in [1.82, 2.24) is 29.5 Å². The number of halogens is 3. The second-order valence-corrected chi connectivity index (χ2v) is 11.9. The molecule has 0 radical (unpaired) electrons. The molecule has 44 heavy (non-hydrogen) atoms. The molecule has 11 nitrogen and oxygen atoms in total. The molecule has 2 aromatic heterocycles. The molecule has 1 aromatic carbocycles. The fourth-order valence-corrected chi connectivity index (χ4v) is 6.33. The Kier molecular flexibility index (Phi) is 8.92. The maximum Gasteiger partial charge on any atom is 0.451 e. The van der Waals surface area contributed by atoms with Crippen LogP contribution in [0.1, 0.15) is 62.2 Å². The number of aliphatic hydroxyl groups is 1. The number of hydrogen-bond acceptors (Lipinski definition) is 9. The highest BCUT2D eigenvalue weighted by Crippen LogP contribution is 2.37. The first kappa shape index (κ1) is 30.5. The molecule has 0 bridgehead atoms. The van der Waals surface area contributed by atoms with Gasteiger partial charge in [-0.2, -0.15) is 13.2 Å². The van der Waals surface area contributed by atoms with Gasteiger partial charge in [-0.25, -0.2) is 14.6 Å². The molecule has 3 aromatic rings. The summed E-state index contributed by atoms with van der Waals surface area (Å²) in [7, 11) is 0. The number of aliphatic hydroxyl groups excluding tert-OH is 1. The quantitative estimate of drug-likeness (QED) is 0.347. The van der Waals surface area contributed by atoms with Crippen LogP contribution in [0.5, 0.6) is 0 Å². The van der Waals surface area contributed by atoms with E-state index in [4.69, 9.17) is 4.74 Å². The molecule has 2 atom stereocenters. The number of rotatable bonds is 8. The Hall–Kier alpha value is -3.49. The van der Waals surface area contributed by atoms with E-state index >= 15 is 0 Å². The first-order valence-corrected chi connectivity index (χ1v) is 15.4. The number of piperidine rings is 1. The number of β-amino-alcohol motifs (C(OH)–C–C–N with tert-alkyl or cyclic N) is 1. The van der Waals surface area contributed by atoms with Crippen LogP contribution in [0, 0.1) is 0 Å². The normalized spacial score (nSPS) is 20.8. The Labute approximate surface area is 253 Å². The average molecular weight is 617 g/mol. The molecule has 0 aliphatic carbocycles. The number of carbonyl (C=O) groups is 1. The van der Waals surface area contributed by atoms with Crippen molar-refractivity contribution in [3.8, 4) is 0 Å². The zero-order valence-corrected chi connectivity index (χ0v) is 24.8. The van der Waals surface area contributed by atoms with Crippen molar-refractivity contribution in [3.05, 3.63) is 41.2 Å². The third kappa shape index (κ3) is 6.76. The highest BCUT2D eigenvalue weighted by molar-refractivity contribution is 5.94. The summed E-state index contributed by atoms with van der Waals surface area (Å²) in [5.74, 6) is -1.12. The van der Waals surface area contributed by atoms with E-state index in [9.17, 15) is 23.1 Å². The third-order valence-corrected chi connectivity index (χ3v) is 8.69. The van der Waals surface area contributed by atoms with Crippen LogP contribution in [0.25, 0.3) is 11.0 Å². The first-order valence-electron chi connectivity index (χ1n) is 15.4. The predicted molar refractivity (Wildman–Crippen MR) is 158 cm³/mol. The maximum atomic E-state index is 14.1. The molecule has 3 aliphatic rings. The van der Waals surface area contributed by atoms with Gasteiger partial charge in [0.25, 0.3) is 0 Å². The number of nitrogens with one attached hydrogen (secondary N) is 2. The summed E-state index contributed by atoms with van der Waals surface area (Å²) in [6.45, 7) is 5.06. The summed E-state index contributed by atoms with van der Waals surface area (Å²) >= 11 is 0. The number of aromatic nitrogens is 4. The van der Waals surface area contributed by atoms with Gasteiger partial charge in [0.15, 0.2) is 17.9 Å². The standard InChI is InChI=1S/C30H39F3N8O3/c1-19(42)40-13-10-22(11-14-40)35-28-26-25(36-29(37-28)30(31,32)33)27(38-41(26)24-8-4-5-15-44-24)34-16-23(43)18-39-12-9-20-6-2-3-7-21(20)17-39/h2-3,6-7,22-24,43H,4-5,8-18H2,1H3,(H,34,38)(H,35,36,37)/t23-,24-/m0/s1. The van der Waals surface area contributed by atoms with Crippen LogP contribution in [-0.4, -0.2) is 92.0 Å². The van der Waals surface area contributed by atoms with Gasteiger partial charge in [0.05, 0.1) is 6.10 Å². The molecule has 2 saturated heterocycles. The van der Waals surface area contributed by atoms with Gasteiger partial charge in [-0.3, -0.25) is 9.69 Å². The average Bonchev–Trinajstić information content (AvgIpc) is 3.39. The summed E-state index contributed by atoms with van der Waals surface area (Å²) in [4.78, 5) is 23.6. The van der Waals surface area contributed by atoms with Gasteiger partial charge < -0.3 is 25.4 Å². The van der Waals surface area contributed by atoms with Gasteiger partial charge in [-0.1, -0.05) is 24.3 Å². The molecule has 0 unspecified atom stereocenters. The van der Waals surface area contributed by atoms with E-state index in [1.165, 1.54) is 18.1 Å². The lowest BCUT2D eigenvalue weighted by Crippen LogP contribution is -2.41. The van der Waals surface area contributed by atoms with Crippen LogP contribution in [0.4, 0.5) is 24.8 Å². The summed E-state index contributed by atoms with van der Waals surface area (Å²) in [5.41, 5.74) is 2.89. The number of anilines is 2. The molecular formula is C30H39F3N8O3. The Morgan fingerprint density at radius 1 is 1.09 bits per heavy atom. The lowest BCUT2D eigenvalue weighted by atomic mass is 10.00. The van der Waals surface area contributed by atoms with E-state index in [1.54, 1.807) is 9.58 Å². The number of carbonyl (C=O) groups excluding carboxylic acids is 1. The number of fused-ring (bicyclic) bond motifs is 2. The van der Waals surface area contributed by atoms with Crippen LogP contribution in [0.3, 0.4) is 0 Å². The molecule has 238 valence electrons. The Morgan fingerprint density at radius 3 is 2.57 bits per heavy atom. The van der Waals surface area contributed by atoms with Crippen molar-refractivity contribution in [2.75, 3.05) is 50.0 Å². The van der Waals surface area contributed by atoms with Crippen molar-refractivity contribution in [2.45, 2.75) is 76.5 Å². The summed E-state index contributed by atoms with van der Waals surface area (Å²) < 4.78 is 49.8. The fraction of sp³-hybridized carbons (Fsp3) is 0.600. The van der Waals surface area contributed by atoms with E-state index in [0.29, 0.717) is 51.0 Å². The summed E-state index contributed by atoms with van der Waals surface area (Å²) in [6.07, 6.45) is -1.60. The monoisotopic (exact) mass is 616 g/mol. The van der Waals surface area contributed by atoms with Gasteiger partial charge in [-0.05, 0) is 49.7 Å². The van der Waals surface area contributed by atoms with Crippen LogP contribution < -0.4 is 10.6 Å². The van der Waals surface area contributed by atoms with E-state index < -0.39 is 24.3 Å². The van der Waals surface area contributed by atoms with E-state index in [-0.39, 0.29) is 35.6 Å². The van der Waals surface area contributed by atoms with Gasteiger partial charge in [0, 0.05) is 58.8 Å². The molecule has 1 amide bonds. The van der Waals surface area contributed by atoms with E-state index in [2.05, 4.69) is 42.7 Å². The topological polar surface area (TPSA) is 121 Å². The zero-order chi connectivity index (χ0) is 30.8. The van der Waals surface area contributed by atoms with Crippen LogP contribution >= 0.6 is 0 Å². The highest BCUT2D eigenvalue weighted by atomic mass is 19.4. The Bertz CT molecular complexity index is 1470. The van der Waals surface area contributed by atoms with Gasteiger partial charge in [0.1, 0.15) is 11.0 Å². The van der Waals surface area contributed by atoms with Crippen molar-refractivity contribution < 1.29 is 27.8 Å². The number of amides is 1. The van der Waals surface area contributed by atoms with Crippen LogP contribution in [0.15, 0.2) is 24.3 Å². The summed E-state index contributed by atoms with van der Waals surface area (Å²) in [5, 5.41) is 21.9. The number of benzene rings is 1. The molecule has 0 spiro atoms. The minimum absolute atomic E-state index is 0.0178.